The Morgan fingerprint density at radius 1 is 0.808 bits per heavy atom. The maximum Gasteiger partial charge on any atom is 0.0237 e. The Kier molecular flexibility index (Phi) is 9.44. The first-order chi connectivity index (χ1) is 12.8. The zero-order valence-corrected chi connectivity index (χ0v) is 17.0. The molecule has 2 aromatic carbocycles. The standard InChI is InChI=1S/C22H30N2.C2H6/c1-2-20-11-8-12-22(17-20)19-24(16-15-23-13-6-7-14-23)18-21-9-4-3-5-10-21;1-2/h3-5,8-12,17H,2,6-7,13-16,18-19H2,1H3;1-2H3. The molecule has 0 atom stereocenters. The molecule has 0 aliphatic carbocycles. The topological polar surface area (TPSA) is 6.48 Å². The first-order valence-corrected chi connectivity index (χ1v) is 10.4. The first kappa shape index (κ1) is 20.7. The average Bonchev–Trinajstić information content (AvgIpc) is 3.22. The molecule has 0 saturated carbocycles. The van der Waals surface area contributed by atoms with Gasteiger partial charge in [-0.05, 0) is 49.0 Å². The van der Waals surface area contributed by atoms with Crippen molar-refractivity contribution in [2.45, 2.75) is 53.1 Å². The van der Waals surface area contributed by atoms with Gasteiger partial charge in [-0.3, -0.25) is 4.90 Å². The van der Waals surface area contributed by atoms with E-state index in [0.29, 0.717) is 0 Å². The van der Waals surface area contributed by atoms with Gasteiger partial charge in [-0.1, -0.05) is 75.4 Å². The first-order valence-electron chi connectivity index (χ1n) is 10.4. The summed E-state index contributed by atoms with van der Waals surface area (Å²) in [7, 11) is 0. The van der Waals surface area contributed by atoms with E-state index >= 15 is 0 Å². The van der Waals surface area contributed by atoms with Gasteiger partial charge in [0.25, 0.3) is 0 Å². The van der Waals surface area contributed by atoms with Crippen molar-refractivity contribution in [2.24, 2.45) is 0 Å². The molecule has 1 aliphatic heterocycles. The second kappa shape index (κ2) is 11.9. The summed E-state index contributed by atoms with van der Waals surface area (Å²) in [5, 5.41) is 0. The lowest BCUT2D eigenvalue weighted by molar-refractivity contribution is 0.212. The van der Waals surface area contributed by atoms with Crippen LogP contribution in [0.3, 0.4) is 0 Å². The molecule has 0 spiro atoms. The number of benzene rings is 2. The predicted octanol–water partition coefficient (Wildman–Crippen LogP) is 5.37. The van der Waals surface area contributed by atoms with Crippen LogP contribution in [-0.2, 0) is 19.5 Å². The van der Waals surface area contributed by atoms with Crippen LogP contribution in [0, 0.1) is 0 Å². The minimum absolute atomic E-state index is 1.03. The third kappa shape index (κ3) is 6.93. The third-order valence-corrected chi connectivity index (χ3v) is 4.99. The Hall–Kier alpha value is -1.64. The lowest BCUT2D eigenvalue weighted by Gasteiger charge is -2.25. The van der Waals surface area contributed by atoms with Crippen LogP contribution in [-0.4, -0.2) is 36.0 Å². The molecule has 0 radical (unpaired) electrons. The lowest BCUT2D eigenvalue weighted by Crippen LogP contribution is -2.33. The van der Waals surface area contributed by atoms with Crippen molar-refractivity contribution >= 4 is 0 Å². The molecule has 2 nitrogen and oxygen atoms in total. The van der Waals surface area contributed by atoms with E-state index in [1.54, 1.807) is 0 Å². The summed E-state index contributed by atoms with van der Waals surface area (Å²) in [6, 6.07) is 19.9. The number of hydrogen-bond donors (Lipinski definition) is 0. The maximum atomic E-state index is 2.61. The molecule has 0 aromatic heterocycles. The highest BCUT2D eigenvalue weighted by Crippen LogP contribution is 2.13. The summed E-state index contributed by atoms with van der Waals surface area (Å²) in [6.45, 7) is 13.2. The average molecular weight is 353 g/mol. The highest BCUT2D eigenvalue weighted by atomic mass is 15.2. The van der Waals surface area contributed by atoms with Gasteiger partial charge in [-0.2, -0.15) is 0 Å². The summed E-state index contributed by atoms with van der Waals surface area (Å²) in [5.74, 6) is 0. The normalized spacial score (nSPS) is 14.3. The minimum Gasteiger partial charge on any atom is -0.302 e. The van der Waals surface area contributed by atoms with Crippen molar-refractivity contribution in [1.82, 2.24) is 9.80 Å². The van der Waals surface area contributed by atoms with Crippen LogP contribution in [0.15, 0.2) is 54.6 Å². The van der Waals surface area contributed by atoms with Crippen LogP contribution >= 0.6 is 0 Å². The van der Waals surface area contributed by atoms with Crippen molar-refractivity contribution in [1.29, 1.82) is 0 Å². The summed E-state index contributed by atoms with van der Waals surface area (Å²) < 4.78 is 0. The highest BCUT2D eigenvalue weighted by Gasteiger charge is 2.14. The van der Waals surface area contributed by atoms with E-state index in [0.717, 1.165) is 26.1 Å². The van der Waals surface area contributed by atoms with Crippen LogP contribution in [0.2, 0.25) is 0 Å². The Morgan fingerprint density at radius 3 is 2.12 bits per heavy atom. The number of likely N-dealkylation sites (tertiary alicyclic amines) is 1. The fraction of sp³-hybridized carbons (Fsp3) is 0.500. The fourth-order valence-electron chi connectivity index (χ4n) is 3.55. The van der Waals surface area contributed by atoms with Crippen LogP contribution in [0.25, 0.3) is 0 Å². The monoisotopic (exact) mass is 352 g/mol. The van der Waals surface area contributed by atoms with E-state index in [-0.39, 0.29) is 0 Å². The van der Waals surface area contributed by atoms with E-state index in [1.807, 2.05) is 13.8 Å². The van der Waals surface area contributed by atoms with E-state index in [2.05, 4.69) is 71.3 Å². The van der Waals surface area contributed by atoms with E-state index < -0.39 is 0 Å². The maximum absolute atomic E-state index is 2.61. The lowest BCUT2D eigenvalue weighted by atomic mass is 10.1. The van der Waals surface area contributed by atoms with Gasteiger partial charge in [0, 0.05) is 26.2 Å². The Balaban J connectivity index is 0.00000117. The number of nitrogens with zero attached hydrogens (tertiary/aromatic N) is 2. The number of rotatable bonds is 8. The van der Waals surface area contributed by atoms with Gasteiger partial charge in [0.1, 0.15) is 0 Å². The van der Waals surface area contributed by atoms with Crippen molar-refractivity contribution in [3.05, 3.63) is 71.3 Å². The van der Waals surface area contributed by atoms with Crippen LogP contribution in [0.1, 0.15) is 50.3 Å². The molecular weight excluding hydrogens is 316 g/mol. The van der Waals surface area contributed by atoms with Gasteiger partial charge in [-0.15, -0.1) is 0 Å². The van der Waals surface area contributed by atoms with Crippen molar-refractivity contribution in [3.63, 3.8) is 0 Å². The predicted molar refractivity (Wildman–Crippen MR) is 113 cm³/mol. The fourth-order valence-corrected chi connectivity index (χ4v) is 3.55. The van der Waals surface area contributed by atoms with Crippen molar-refractivity contribution in [3.8, 4) is 0 Å². The van der Waals surface area contributed by atoms with E-state index in [9.17, 15) is 0 Å². The minimum atomic E-state index is 1.03. The SMILES string of the molecule is CC.CCc1cccc(CN(CCN2CCCC2)Cc2ccccc2)c1. The van der Waals surface area contributed by atoms with Crippen molar-refractivity contribution < 1.29 is 0 Å². The molecule has 1 saturated heterocycles. The number of aryl methyl sites for hydroxylation is 1. The highest BCUT2D eigenvalue weighted by molar-refractivity contribution is 5.23. The van der Waals surface area contributed by atoms with Crippen LogP contribution in [0.5, 0.6) is 0 Å². The second-order valence-electron chi connectivity index (χ2n) is 6.92. The van der Waals surface area contributed by atoms with Gasteiger partial charge in [0.2, 0.25) is 0 Å². The molecule has 0 N–H and O–H groups in total. The zero-order chi connectivity index (χ0) is 18.6. The quantitative estimate of drug-likeness (QED) is 0.630. The molecule has 0 unspecified atom stereocenters. The summed E-state index contributed by atoms with van der Waals surface area (Å²) >= 11 is 0. The molecule has 1 heterocycles. The molecule has 0 amide bonds. The second-order valence-corrected chi connectivity index (χ2v) is 6.92. The molecule has 26 heavy (non-hydrogen) atoms. The molecule has 2 aromatic rings. The van der Waals surface area contributed by atoms with Gasteiger partial charge < -0.3 is 4.90 Å². The molecule has 142 valence electrons. The van der Waals surface area contributed by atoms with Crippen LogP contribution < -0.4 is 0 Å². The molecule has 2 heteroatoms. The van der Waals surface area contributed by atoms with Crippen LogP contribution in [0.4, 0.5) is 0 Å². The zero-order valence-electron chi connectivity index (χ0n) is 17.0. The van der Waals surface area contributed by atoms with E-state index in [4.69, 9.17) is 0 Å². The van der Waals surface area contributed by atoms with Gasteiger partial charge in [-0.25, -0.2) is 0 Å². The Bertz CT molecular complexity index is 603. The summed E-state index contributed by atoms with van der Waals surface area (Å²) in [5.41, 5.74) is 4.28. The Morgan fingerprint density at radius 2 is 1.42 bits per heavy atom. The van der Waals surface area contributed by atoms with E-state index in [1.165, 1.54) is 49.2 Å². The van der Waals surface area contributed by atoms with Gasteiger partial charge in [0.05, 0.1) is 0 Å². The molecular formula is C24H36N2. The molecule has 3 rings (SSSR count). The molecule has 0 bridgehead atoms. The number of hydrogen-bond acceptors (Lipinski definition) is 2. The smallest absolute Gasteiger partial charge is 0.0237 e. The van der Waals surface area contributed by atoms with Gasteiger partial charge in [0.15, 0.2) is 0 Å². The molecule has 1 aliphatic rings. The van der Waals surface area contributed by atoms with Crippen molar-refractivity contribution in [2.75, 3.05) is 26.2 Å². The Labute approximate surface area is 160 Å². The summed E-state index contributed by atoms with van der Waals surface area (Å²) in [6.07, 6.45) is 3.86. The largest absolute Gasteiger partial charge is 0.302 e. The molecule has 1 fully saturated rings. The van der Waals surface area contributed by atoms with Gasteiger partial charge >= 0.3 is 0 Å². The third-order valence-electron chi connectivity index (χ3n) is 4.99. The summed E-state index contributed by atoms with van der Waals surface area (Å²) in [4.78, 5) is 5.21.